The Morgan fingerprint density at radius 2 is 1.86 bits per heavy atom. The third-order valence-corrected chi connectivity index (χ3v) is 6.69. The molecule has 0 saturated carbocycles. The molecule has 1 N–H and O–H groups in total. The van der Waals surface area contributed by atoms with Crippen LogP contribution in [0, 0.1) is 0 Å². The Labute approximate surface area is 208 Å². The summed E-state index contributed by atoms with van der Waals surface area (Å²) in [5.74, 6) is -0.632. The van der Waals surface area contributed by atoms with Gasteiger partial charge in [0, 0.05) is 17.0 Å². The summed E-state index contributed by atoms with van der Waals surface area (Å²) < 4.78 is 81.8. The van der Waals surface area contributed by atoms with Gasteiger partial charge in [0.15, 0.2) is 11.5 Å². The van der Waals surface area contributed by atoms with E-state index in [4.69, 9.17) is 25.8 Å². The van der Waals surface area contributed by atoms with Crippen LogP contribution >= 0.6 is 11.6 Å². The lowest BCUT2D eigenvalue weighted by Crippen LogP contribution is -2.20. The van der Waals surface area contributed by atoms with E-state index in [0.29, 0.717) is 16.8 Å². The molecule has 0 fully saturated rings. The Morgan fingerprint density at radius 3 is 2.58 bits per heavy atom. The molecule has 0 radical (unpaired) electrons. The van der Waals surface area contributed by atoms with Crippen molar-refractivity contribution in [3.63, 3.8) is 0 Å². The van der Waals surface area contributed by atoms with Crippen molar-refractivity contribution in [2.45, 2.75) is 17.8 Å². The van der Waals surface area contributed by atoms with Crippen molar-refractivity contribution in [3.8, 4) is 28.5 Å². The van der Waals surface area contributed by atoms with Gasteiger partial charge in [-0.25, -0.2) is 18.4 Å². The second-order valence-corrected chi connectivity index (χ2v) is 9.89. The minimum atomic E-state index is -4.95. The number of sulfone groups is 1. The second-order valence-electron chi connectivity index (χ2n) is 7.45. The molecule has 1 aliphatic heterocycles. The highest BCUT2D eigenvalue weighted by Gasteiger charge is 2.35. The van der Waals surface area contributed by atoms with Crippen molar-refractivity contribution >= 4 is 33.0 Å². The lowest BCUT2D eigenvalue weighted by atomic mass is 10.1. The summed E-state index contributed by atoms with van der Waals surface area (Å²) in [4.78, 5) is 19.4. The standard InChI is InChI=1S/C22H17ClF3N3O6S/c1-33-16-5-3-13(23)9-15(16)27-20(30)6-7-36(31,32)21-28-14(10-19(29-21)22(24,25)26)12-2-4-17-18(8-12)35-11-34-17/h2-5,8-10H,6-7,11H2,1H3,(H,27,30). The number of amides is 1. The van der Waals surface area contributed by atoms with E-state index < -0.39 is 44.9 Å². The number of nitrogens with one attached hydrogen (secondary N) is 1. The number of aromatic nitrogens is 2. The first-order chi connectivity index (χ1) is 17.0. The van der Waals surface area contributed by atoms with E-state index in [1.165, 1.54) is 43.5 Å². The number of fused-ring (bicyclic) bond motifs is 1. The first-order valence-corrected chi connectivity index (χ1v) is 12.2. The number of halogens is 4. The largest absolute Gasteiger partial charge is 0.495 e. The number of alkyl halides is 3. The fraction of sp³-hybridized carbons (Fsp3) is 0.227. The van der Waals surface area contributed by atoms with Crippen molar-refractivity contribution in [1.82, 2.24) is 9.97 Å². The number of carbonyl (C=O) groups excluding carboxylic acids is 1. The van der Waals surface area contributed by atoms with Crippen LogP contribution < -0.4 is 19.5 Å². The molecular formula is C22H17ClF3N3O6S. The minimum Gasteiger partial charge on any atom is -0.495 e. The van der Waals surface area contributed by atoms with E-state index in [0.717, 1.165) is 0 Å². The van der Waals surface area contributed by atoms with Crippen LogP contribution in [0.15, 0.2) is 47.6 Å². The maximum Gasteiger partial charge on any atom is 0.433 e. The Morgan fingerprint density at radius 1 is 1.11 bits per heavy atom. The molecule has 2 heterocycles. The highest BCUT2D eigenvalue weighted by molar-refractivity contribution is 7.91. The number of rotatable bonds is 7. The zero-order valence-corrected chi connectivity index (χ0v) is 20.0. The highest BCUT2D eigenvalue weighted by Crippen LogP contribution is 2.37. The molecule has 0 atom stereocenters. The van der Waals surface area contributed by atoms with Gasteiger partial charge in [0.2, 0.25) is 27.7 Å². The summed E-state index contributed by atoms with van der Waals surface area (Å²) in [5.41, 5.74) is -1.37. The molecule has 3 aromatic rings. The number of anilines is 1. The van der Waals surface area contributed by atoms with Crippen LogP contribution in [0.1, 0.15) is 12.1 Å². The Hall–Kier alpha value is -3.58. The average Bonchev–Trinajstić information content (AvgIpc) is 3.30. The van der Waals surface area contributed by atoms with Crippen molar-refractivity contribution < 1.29 is 40.6 Å². The summed E-state index contributed by atoms with van der Waals surface area (Å²) in [6.07, 6.45) is -5.53. The normalized spacial score (nSPS) is 12.9. The molecule has 1 aromatic heterocycles. The maximum absolute atomic E-state index is 13.5. The Bertz CT molecular complexity index is 1430. The predicted octanol–water partition coefficient (Wildman–Crippen LogP) is 4.36. The van der Waals surface area contributed by atoms with Gasteiger partial charge in [-0.3, -0.25) is 4.79 Å². The van der Waals surface area contributed by atoms with Crippen LogP contribution in [0.25, 0.3) is 11.3 Å². The SMILES string of the molecule is COc1ccc(Cl)cc1NC(=O)CCS(=O)(=O)c1nc(-c2ccc3c(c2)OCO3)cc(C(F)(F)F)n1. The van der Waals surface area contributed by atoms with Crippen LogP contribution in [0.2, 0.25) is 5.02 Å². The summed E-state index contributed by atoms with van der Waals surface area (Å²) in [5, 5.41) is 1.70. The predicted molar refractivity (Wildman–Crippen MR) is 122 cm³/mol. The number of ether oxygens (including phenoxy) is 3. The molecule has 0 spiro atoms. The number of nitrogens with zero attached hydrogens (tertiary/aromatic N) is 2. The third kappa shape index (κ3) is 5.62. The van der Waals surface area contributed by atoms with Gasteiger partial charge in [-0.05, 0) is 42.5 Å². The summed E-state index contributed by atoms with van der Waals surface area (Å²) in [7, 11) is -3.13. The smallest absolute Gasteiger partial charge is 0.433 e. The molecule has 9 nitrogen and oxygen atoms in total. The lowest BCUT2D eigenvalue weighted by molar-refractivity contribution is -0.141. The monoisotopic (exact) mass is 543 g/mol. The molecule has 190 valence electrons. The van der Waals surface area contributed by atoms with E-state index in [9.17, 15) is 26.4 Å². The minimum absolute atomic E-state index is 0.0564. The van der Waals surface area contributed by atoms with Crippen LogP contribution in [-0.2, 0) is 20.8 Å². The van der Waals surface area contributed by atoms with E-state index in [1.807, 2.05) is 0 Å². The Balaban J connectivity index is 1.59. The molecule has 1 aliphatic rings. The van der Waals surface area contributed by atoms with Gasteiger partial charge in [0.1, 0.15) is 11.4 Å². The molecule has 0 aliphatic carbocycles. The number of carbonyl (C=O) groups is 1. The number of hydrogen-bond donors (Lipinski definition) is 1. The highest BCUT2D eigenvalue weighted by atomic mass is 35.5. The van der Waals surface area contributed by atoms with E-state index in [-0.39, 0.29) is 35.2 Å². The number of benzene rings is 2. The van der Waals surface area contributed by atoms with E-state index in [2.05, 4.69) is 15.3 Å². The number of hydrogen-bond acceptors (Lipinski definition) is 8. The quantitative estimate of drug-likeness (QED) is 0.437. The first-order valence-electron chi connectivity index (χ1n) is 10.2. The fourth-order valence-corrected chi connectivity index (χ4v) is 4.51. The Kier molecular flexibility index (Phi) is 6.96. The first kappa shape index (κ1) is 25.5. The summed E-state index contributed by atoms with van der Waals surface area (Å²) in [6.45, 7) is -0.0564. The van der Waals surface area contributed by atoms with E-state index in [1.54, 1.807) is 0 Å². The zero-order chi connectivity index (χ0) is 26.1. The molecule has 2 aromatic carbocycles. The molecule has 0 saturated heterocycles. The maximum atomic E-state index is 13.5. The van der Waals surface area contributed by atoms with Gasteiger partial charge in [-0.1, -0.05) is 11.6 Å². The number of methoxy groups -OCH3 is 1. The molecule has 36 heavy (non-hydrogen) atoms. The molecular weight excluding hydrogens is 527 g/mol. The molecule has 0 unspecified atom stereocenters. The fourth-order valence-electron chi connectivity index (χ4n) is 3.22. The third-order valence-electron chi connectivity index (χ3n) is 4.98. The van der Waals surface area contributed by atoms with Crippen LogP contribution in [0.3, 0.4) is 0 Å². The van der Waals surface area contributed by atoms with Crippen molar-refractivity contribution in [2.24, 2.45) is 0 Å². The van der Waals surface area contributed by atoms with Gasteiger partial charge in [0.25, 0.3) is 0 Å². The molecule has 14 heteroatoms. The topological polar surface area (TPSA) is 117 Å². The zero-order valence-electron chi connectivity index (χ0n) is 18.4. The summed E-state index contributed by atoms with van der Waals surface area (Å²) >= 11 is 5.91. The van der Waals surface area contributed by atoms with Crippen LogP contribution in [0.4, 0.5) is 18.9 Å². The van der Waals surface area contributed by atoms with Crippen LogP contribution in [-0.4, -0.2) is 43.9 Å². The lowest BCUT2D eigenvalue weighted by Gasteiger charge is -2.12. The van der Waals surface area contributed by atoms with Gasteiger partial charge < -0.3 is 19.5 Å². The average molecular weight is 544 g/mol. The van der Waals surface area contributed by atoms with Crippen molar-refractivity contribution in [1.29, 1.82) is 0 Å². The summed E-state index contributed by atoms with van der Waals surface area (Å²) in [6, 6.07) is 9.34. The second kappa shape index (κ2) is 9.82. The molecule has 4 rings (SSSR count). The van der Waals surface area contributed by atoms with Gasteiger partial charge >= 0.3 is 6.18 Å². The van der Waals surface area contributed by atoms with E-state index >= 15 is 0 Å². The molecule has 0 bridgehead atoms. The van der Waals surface area contributed by atoms with Gasteiger partial charge in [-0.2, -0.15) is 13.2 Å². The van der Waals surface area contributed by atoms with Crippen molar-refractivity contribution in [3.05, 3.63) is 53.2 Å². The molecule has 1 amide bonds. The van der Waals surface area contributed by atoms with Crippen molar-refractivity contribution in [2.75, 3.05) is 25.0 Å². The van der Waals surface area contributed by atoms with Crippen LogP contribution in [0.5, 0.6) is 17.2 Å². The van der Waals surface area contributed by atoms with Gasteiger partial charge in [-0.15, -0.1) is 0 Å². The van der Waals surface area contributed by atoms with Gasteiger partial charge in [0.05, 0.1) is 24.2 Å².